The van der Waals surface area contributed by atoms with Crippen LogP contribution < -0.4 is 5.73 Å². The van der Waals surface area contributed by atoms with E-state index in [0.29, 0.717) is 0 Å². The molecule has 0 spiro atoms. The molecule has 0 radical (unpaired) electrons. The highest BCUT2D eigenvalue weighted by Gasteiger charge is 2.17. The predicted octanol–water partition coefficient (Wildman–Crippen LogP) is 2.83. The summed E-state index contributed by atoms with van der Waals surface area (Å²) in [6, 6.07) is 8.72. The van der Waals surface area contributed by atoms with Gasteiger partial charge in [0.15, 0.2) is 0 Å². The Balaban J connectivity index is 0.00000256. The van der Waals surface area contributed by atoms with Gasteiger partial charge in [-0.05, 0) is 31.5 Å². The Morgan fingerprint density at radius 1 is 1.18 bits per heavy atom. The maximum absolute atomic E-state index is 5.74. The van der Waals surface area contributed by atoms with Crippen molar-refractivity contribution < 1.29 is 0 Å². The number of hydrogen-bond acceptors (Lipinski definition) is 2. The smallest absolute Gasteiger partial charge is 0.0230 e. The SMILES string of the molecule is Cc1ccc(CN(C)CC(C)(C)CN)cc1.Cl. The van der Waals surface area contributed by atoms with Crippen molar-refractivity contribution in [3.8, 4) is 0 Å². The average Bonchev–Trinajstić information content (AvgIpc) is 2.21. The molecule has 0 aliphatic carbocycles. The van der Waals surface area contributed by atoms with Crippen LogP contribution in [0.15, 0.2) is 24.3 Å². The molecule has 0 aliphatic heterocycles. The van der Waals surface area contributed by atoms with Crippen molar-refractivity contribution in [2.45, 2.75) is 27.3 Å². The van der Waals surface area contributed by atoms with E-state index < -0.39 is 0 Å². The van der Waals surface area contributed by atoms with Crippen LogP contribution in [0.3, 0.4) is 0 Å². The quantitative estimate of drug-likeness (QED) is 0.878. The first-order valence-electron chi connectivity index (χ1n) is 5.87. The summed E-state index contributed by atoms with van der Waals surface area (Å²) < 4.78 is 0. The molecule has 0 heterocycles. The number of halogens is 1. The second-order valence-electron chi connectivity index (χ2n) is 5.53. The van der Waals surface area contributed by atoms with Gasteiger partial charge in [0.25, 0.3) is 0 Å². The third-order valence-corrected chi connectivity index (χ3v) is 2.82. The number of rotatable bonds is 5. The number of nitrogens with zero attached hydrogens (tertiary/aromatic N) is 1. The fraction of sp³-hybridized carbons (Fsp3) is 0.571. The summed E-state index contributed by atoms with van der Waals surface area (Å²) >= 11 is 0. The molecule has 1 rings (SSSR count). The predicted molar refractivity (Wildman–Crippen MR) is 77.6 cm³/mol. The molecule has 0 fully saturated rings. The number of benzene rings is 1. The van der Waals surface area contributed by atoms with Crippen molar-refractivity contribution in [1.82, 2.24) is 4.90 Å². The van der Waals surface area contributed by atoms with E-state index in [1.807, 2.05) is 0 Å². The van der Waals surface area contributed by atoms with Gasteiger partial charge >= 0.3 is 0 Å². The highest BCUT2D eigenvalue weighted by molar-refractivity contribution is 5.85. The summed E-state index contributed by atoms with van der Waals surface area (Å²) in [6.45, 7) is 9.27. The number of aryl methyl sites for hydroxylation is 1. The van der Waals surface area contributed by atoms with Crippen LogP contribution in [0.5, 0.6) is 0 Å². The Bertz CT molecular complexity index is 319. The molecule has 3 heteroatoms. The molecule has 2 N–H and O–H groups in total. The molecule has 0 saturated carbocycles. The van der Waals surface area contributed by atoms with Crippen molar-refractivity contribution in [3.63, 3.8) is 0 Å². The first-order chi connectivity index (χ1) is 7.43. The van der Waals surface area contributed by atoms with Gasteiger partial charge in [-0.3, -0.25) is 0 Å². The third kappa shape index (κ3) is 6.06. The summed E-state index contributed by atoms with van der Waals surface area (Å²) in [7, 11) is 2.15. The zero-order chi connectivity index (χ0) is 12.2. The Morgan fingerprint density at radius 3 is 2.18 bits per heavy atom. The third-order valence-electron chi connectivity index (χ3n) is 2.82. The minimum atomic E-state index is 0. The second kappa shape index (κ2) is 7.00. The number of nitrogens with two attached hydrogens (primary N) is 1. The second-order valence-corrected chi connectivity index (χ2v) is 5.53. The van der Waals surface area contributed by atoms with Crippen LogP contribution in [0.4, 0.5) is 0 Å². The highest BCUT2D eigenvalue weighted by Crippen LogP contribution is 2.15. The minimum absolute atomic E-state index is 0. The van der Waals surface area contributed by atoms with Crippen molar-refractivity contribution in [3.05, 3.63) is 35.4 Å². The van der Waals surface area contributed by atoms with Crippen LogP contribution in [0.2, 0.25) is 0 Å². The van der Waals surface area contributed by atoms with E-state index in [-0.39, 0.29) is 17.8 Å². The average molecular weight is 257 g/mol. The molecule has 0 aliphatic rings. The van der Waals surface area contributed by atoms with Crippen LogP contribution >= 0.6 is 12.4 Å². The minimum Gasteiger partial charge on any atom is -0.330 e. The van der Waals surface area contributed by atoms with Crippen LogP contribution in [-0.2, 0) is 6.54 Å². The Morgan fingerprint density at radius 2 is 1.71 bits per heavy atom. The first-order valence-corrected chi connectivity index (χ1v) is 5.87. The molecular weight excluding hydrogens is 232 g/mol. The molecule has 0 unspecified atom stereocenters. The lowest BCUT2D eigenvalue weighted by Gasteiger charge is -2.29. The topological polar surface area (TPSA) is 29.3 Å². The summed E-state index contributed by atoms with van der Waals surface area (Å²) in [5, 5.41) is 0. The highest BCUT2D eigenvalue weighted by atomic mass is 35.5. The van der Waals surface area contributed by atoms with Crippen LogP contribution in [0.1, 0.15) is 25.0 Å². The van der Waals surface area contributed by atoms with Gasteiger partial charge < -0.3 is 10.6 Å². The summed E-state index contributed by atoms with van der Waals surface area (Å²) in [6.07, 6.45) is 0. The monoisotopic (exact) mass is 256 g/mol. The molecule has 1 aromatic rings. The van der Waals surface area contributed by atoms with Crippen LogP contribution in [0, 0.1) is 12.3 Å². The Kier molecular flexibility index (Phi) is 6.76. The molecule has 0 saturated heterocycles. The Labute approximate surface area is 112 Å². The van der Waals surface area contributed by atoms with Gasteiger partial charge in [0.2, 0.25) is 0 Å². The van der Waals surface area contributed by atoms with Crippen molar-refractivity contribution in [2.24, 2.45) is 11.1 Å². The molecule has 0 aromatic heterocycles. The van der Waals surface area contributed by atoms with Gasteiger partial charge in [-0.15, -0.1) is 12.4 Å². The van der Waals surface area contributed by atoms with E-state index in [2.05, 4.69) is 57.0 Å². The molecular formula is C14H25ClN2. The van der Waals surface area contributed by atoms with Crippen molar-refractivity contribution in [1.29, 1.82) is 0 Å². The lowest BCUT2D eigenvalue weighted by atomic mass is 9.93. The summed E-state index contributed by atoms with van der Waals surface area (Å²) in [4.78, 5) is 2.33. The molecule has 0 bridgehead atoms. The maximum atomic E-state index is 5.74. The van der Waals surface area contributed by atoms with Crippen molar-refractivity contribution >= 4 is 12.4 Å². The van der Waals surface area contributed by atoms with E-state index in [9.17, 15) is 0 Å². The maximum Gasteiger partial charge on any atom is 0.0230 e. The van der Waals surface area contributed by atoms with Gasteiger partial charge in [-0.1, -0.05) is 43.7 Å². The molecule has 17 heavy (non-hydrogen) atoms. The molecule has 0 amide bonds. The lowest BCUT2D eigenvalue weighted by Crippen LogP contribution is -2.36. The standard InChI is InChI=1S/C14H24N2.ClH/c1-12-5-7-13(8-6-12)9-16(4)11-14(2,3)10-15;/h5-8H,9-11,15H2,1-4H3;1H. The van der Waals surface area contributed by atoms with Crippen molar-refractivity contribution in [2.75, 3.05) is 20.1 Å². The van der Waals surface area contributed by atoms with E-state index >= 15 is 0 Å². The van der Waals surface area contributed by atoms with Gasteiger partial charge in [0.1, 0.15) is 0 Å². The normalized spacial score (nSPS) is 11.4. The van der Waals surface area contributed by atoms with E-state index in [1.165, 1.54) is 11.1 Å². The zero-order valence-electron chi connectivity index (χ0n) is 11.4. The van der Waals surface area contributed by atoms with Gasteiger partial charge in [-0.25, -0.2) is 0 Å². The first kappa shape index (κ1) is 16.4. The van der Waals surface area contributed by atoms with Gasteiger partial charge in [-0.2, -0.15) is 0 Å². The zero-order valence-corrected chi connectivity index (χ0v) is 12.2. The summed E-state index contributed by atoms with van der Waals surface area (Å²) in [5.41, 5.74) is 8.61. The molecule has 0 atom stereocenters. The number of hydrogen-bond donors (Lipinski definition) is 1. The van der Waals surface area contributed by atoms with E-state index in [0.717, 1.165) is 19.6 Å². The molecule has 2 nitrogen and oxygen atoms in total. The van der Waals surface area contributed by atoms with Crippen LogP contribution in [-0.4, -0.2) is 25.0 Å². The molecule has 1 aromatic carbocycles. The van der Waals surface area contributed by atoms with E-state index in [1.54, 1.807) is 0 Å². The van der Waals surface area contributed by atoms with Gasteiger partial charge in [0, 0.05) is 13.1 Å². The van der Waals surface area contributed by atoms with E-state index in [4.69, 9.17) is 5.73 Å². The van der Waals surface area contributed by atoms with Crippen LogP contribution in [0.25, 0.3) is 0 Å². The largest absolute Gasteiger partial charge is 0.330 e. The van der Waals surface area contributed by atoms with Gasteiger partial charge in [0.05, 0.1) is 0 Å². The summed E-state index contributed by atoms with van der Waals surface area (Å²) in [5.74, 6) is 0. The lowest BCUT2D eigenvalue weighted by molar-refractivity contribution is 0.210. The Hall–Kier alpha value is -0.570. The molecule has 98 valence electrons. The fourth-order valence-electron chi connectivity index (χ4n) is 1.86. The fourth-order valence-corrected chi connectivity index (χ4v) is 1.86.